The molecule has 0 atom stereocenters. The molecule has 0 spiro atoms. The number of sulfone groups is 1. The number of aryl methyl sites for hydroxylation is 1. The smallest absolute Gasteiger partial charge is 0.251 e. The molecule has 8 heteroatoms. The number of benzene rings is 1. The van der Waals surface area contributed by atoms with Gasteiger partial charge in [0.25, 0.3) is 5.91 Å². The normalized spacial score (nSPS) is 11.3. The molecule has 7 nitrogen and oxygen atoms in total. The second kappa shape index (κ2) is 6.04. The van der Waals surface area contributed by atoms with Gasteiger partial charge < -0.3 is 9.88 Å². The summed E-state index contributed by atoms with van der Waals surface area (Å²) >= 11 is 0. The molecule has 1 N–H and O–H groups in total. The van der Waals surface area contributed by atoms with E-state index in [4.69, 9.17) is 0 Å². The van der Waals surface area contributed by atoms with E-state index in [9.17, 15) is 13.2 Å². The molecule has 0 saturated heterocycles. The first kappa shape index (κ1) is 15.2. The molecule has 112 valence electrons. The molecular formula is C13H16N4O3S. The van der Waals surface area contributed by atoms with E-state index in [1.165, 1.54) is 24.3 Å². The van der Waals surface area contributed by atoms with Gasteiger partial charge in [-0.2, -0.15) is 0 Å². The van der Waals surface area contributed by atoms with Crippen LogP contribution in [0.15, 0.2) is 35.5 Å². The van der Waals surface area contributed by atoms with E-state index in [1.807, 2.05) is 11.5 Å². The van der Waals surface area contributed by atoms with Crippen LogP contribution in [0.25, 0.3) is 0 Å². The first-order valence-corrected chi connectivity index (χ1v) is 8.26. The van der Waals surface area contributed by atoms with Gasteiger partial charge >= 0.3 is 0 Å². The van der Waals surface area contributed by atoms with Gasteiger partial charge in [-0.25, -0.2) is 8.42 Å². The van der Waals surface area contributed by atoms with Gasteiger partial charge in [-0.05, 0) is 31.2 Å². The standard InChI is InChI=1S/C13H16N4O3S/c1-3-17-9-15-16-12(17)8-14-13(18)10-4-6-11(7-5-10)21(2,19)20/h4-7,9H,3,8H2,1-2H3,(H,14,18). The Labute approximate surface area is 122 Å². The van der Waals surface area contributed by atoms with E-state index in [-0.39, 0.29) is 17.3 Å². The molecule has 0 aliphatic carbocycles. The predicted octanol–water partition coefficient (Wildman–Crippen LogP) is 0.631. The number of aromatic nitrogens is 3. The summed E-state index contributed by atoms with van der Waals surface area (Å²) < 4.78 is 24.5. The van der Waals surface area contributed by atoms with Gasteiger partial charge in [-0.1, -0.05) is 0 Å². The number of nitrogens with zero attached hydrogens (tertiary/aromatic N) is 3. The number of amides is 1. The minimum absolute atomic E-state index is 0.185. The third-order valence-corrected chi connectivity index (χ3v) is 4.12. The highest BCUT2D eigenvalue weighted by Gasteiger charge is 2.11. The van der Waals surface area contributed by atoms with Crippen molar-refractivity contribution in [1.29, 1.82) is 0 Å². The highest BCUT2D eigenvalue weighted by molar-refractivity contribution is 7.90. The molecule has 1 heterocycles. The van der Waals surface area contributed by atoms with E-state index in [0.717, 1.165) is 12.8 Å². The summed E-state index contributed by atoms with van der Waals surface area (Å²) in [7, 11) is -3.26. The van der Waals surface area contributed by atoms with Crippen LogP contribution in [0.4, 0.5) is 0 Å². The third kappa shape index (κ3) is 3.66. The Bertz CT molecular complexity index is 735. The van der Waals surface area contributed by atoms with Crippen LogP contribution in [0.5, 0.6) is 0 Å². The second-order valence-electron chi connectivity index (χ2n) is 4.51. The quantitative estimate of drug-likeness (QED) is 0.874. The van der Waals surface area contributed by atoms with Crippen molar-refractivity contribution < 1.29 is 13.2 Å². The van der Waals surface area contributed by atoms with Gasteiger partial charge in [0.1, 0.15) is 6.33 Å². The van der Waals surface area contributed by atoms with Crippen molar-refractivity contribution in [2.75, 3.05) is 6.26 Å². The van der Waals surface area contributed by atoms with E-state index < -0.39 is 9.84 Å². The number of carbonyl (C=O) groups is 1. The Kier molecular flexibility index (Phi) is 4.37. The molecule has 0 saturated carbocycles. The fraction of sp³-hybridized carbons (Fsp3) is 0.308. The summed E-state index contributed by atoms with van der Waals surface area (Å²) in [5.74, 6) is 0.374. The van der Waals surface area contributed by atoms with E-state index in [0.29, 0.717) is 11.4 Å². The summed E-state index contributed by atoms with van der Waals surface area (Å²) in [5.41, 5.74) is 0.393. The zero-order chi connectivity index (χ0) is 15.5. The Balaban J connectivity index is 2.04. The monoisotopic (exact) mass is 308 g/mol. The zero-order valence-electron chi connectivity index (χ0n) is 11.8. The maximum atomic E-state index is 12.0. The Morgan fingerprint density at radius 2 is 1.95 bits per heavy atom. The van der Waals surface area contributed by atoms with E-state index in [2.05, 4.69) is 15.5 Å². The third-order valence-electron chi connectivity index (χ3n) is 2.99. The van der Waals surface area contributed by atoms with Crippen molar-refractivity contribution in [1.82, 2.24) is 20.1 Å². The number of nitrogens with one attached hydrogen (secondary N) is 1. The lowest BCUT2D eigenvalue weighted by molar-refractivity contribution is 0.0949. The molecule has 1 aromatic heterocycles. The van der Waals surface area contributed by atoms with Crippen molar-refractivity contribution in [2.45, 2.75) is 24.9 Å². The fourth-order valence-corrected chi connectivity index (χ4v) is 2.43. The van der Waals surface area contributed by atoms with Crippen LogP contribution in [0.2, 0.25) is 0 Å². The molecular weight excluding hydrogens is 292 g/mol. The zero-order valence-corrected chi connectivity index (χ0v) is 12.6. The highest BCUT2D eigenvalue weighted by atomic mass is 32.2. The lowest BCUT2D eigenvalue weighted by atomic mass is 10.2. The summed E-state index contributed by atoms with van der Waals surface area (Å²) in [6.45, 7) is 2.94. The molecule has 0 fully saturated rings. The van der Waals surface area contributed by atoms with E-state index >= 15 is 0 Å². The Morgan fingerprint density at radius 3 is 2.52 bits per heavy atom. The number of hydrogen-bond donors (Lipinski definition) is 1. The SMILES string of the molecule is CCn1cnnc1CNC(=O)c1ccc(S(C)(=O)=O)cc1. The molecule has 0 aliphatic rings. The number of carbonyl (C=O) groups excluding carboxylic acids is 1. The van der Waals surface area contributed by atoms with Gasteiger partial charge in [0.2, 0.25) is 0 Å². The highest BCUT2D eigenvalue weighted by Crippen LogP contribution is 2.10. The topological polar surface area (TPSA) is 93.9 Å². The number of hydrogen-bond acceptors (Lipinski definition) is 5. The maximum absolute atomic E-state index is 12.0. The van der Waals surface area contributed by atoms with Crippen LogP contribution in [0, 0.1) is 0 Å². The summed E-state index contributed by atoms with van der Waals surface area (Å²) in [4.78, 5) is 12.2. The van der Waals surface area contributed by atoms with Gasteiger partial charge in [0, 0.05) is 18.4 Å². The van der Waals surface area contributed by atoms with Crippen molar-refractivity contribution in [3.63, 3.8) is 0 Å². The molecule has 1 amide bonds. The molecule has 2 aromatic rings. The van der Waals surface area contributed by atoms with E-state index in [1.54, 1.807) is 6.33 Å². The van der Waals surface area contributed by atoms with Crippen LogP contribution in [-0.2, 0) is 22.9 Å². The average Bonchev–Trinajstić information content (AvgIpc) is 2.91. The summed E-state index contributed by atoms with van der Waals surface area (Å²) in [5, 5.41) is 10.4. The van der Waals surface area contributed by atoms with Crippen LogP contribution in [0.1, 0.15) is 23.1 Å². The van der Waals surface area contributed by atoms with Crippen molar-refractivity contribution in [3.8, 4) is 0 Å². The van der Waals surface area contributed by atoms with Crippen molar-refractivity contribution in [3.05, 3.63) is 42.0 Å². The molecule has 0 radical (unpaired) electrons. The first-order chi connectivity index (χ1) is 9.91. The lowest BCUT2D eigenvalue weighted by Crippen LogP contribution is -2.24. The Morgan fingerprint density at radius 1 is 1.29 bits per heavy atom. The molecule has 0 aliphatic heterocycles. The fourth-order valence-electron chi connectivity index (χ4n) is 1.79. The summed E-state index contributed by atoms with van der Waals surface area (Å²) in [6.07, 6.45) is 2.72. The van der Waals surface area contributed by atoms with Gasteiger partial charge in [0.15, 0.2) is 15.7 Å². The van der Waals surface area contributed by atoms with Crippen LogP contribution >= 0.6 is 0 Å². The van der Waals surface area contributed by atoms with Gasteiger partial charge in [-0.3, -0.25) is 4.79 Å². The molecule has 21 heavy (non-hydrogen) atoms. The minimum Gasteiger partial charge on any atom is -0.345 e. The van der Waals surface area contributed by atoms with Crippen LogP contribution in [-0.4, -0.2) is 35.3 Å². The predicted molar refractivity (Wildman–Crippen MR) is 76.4 cm³/mol. The van der Waals surface area contributed by atoms with Crippen molar-refractivity contribution in [2.24, 2.45) is 0 Å². The largest absolute Gasteiger partial charge is 0.345 e. The van der Waals surface area contributed by atoms with Gasteiger partial charge in [-0.15, -0.1) is 10.2 Å². The van der Waals surface area contributed by atoms with Gasteiger partial charge in [0.05, 0.1) is 11.4 Å². The number of rotatable bonds is 5. The first-order valence-electron chi connectivity index (χ1n) is 6.37. The van der Waals surface area contributed by atoms with Crippen molar-refractivity contribution >= 4 is 15.7 Å². The van der Waals surface area contributed by atoms with Crippen LogP contribution < -0.4 is 5.32 Å². The molecule has 0 unspecified atom stereocenters. The van der Waals surface area contributed by atoms with Crippen LogP contribution in [0.3, 0.4) is 0 Å². The maximum Gasteiger partial charge on any atom is 0.251 e. The second-order valence-corrected chi connectivity index (χ2v) is 6.53. The minimum atomic E-state index is -3.26. The summed E-state index contributed by atoms with van der Waals surface area (Å²) in [6, 6.07) is 5.80. The molecule has 0 bridgehead atoms. The molecule has 2 rings (SSSR count). The Hall–Kier alpha value is -2.22. The molecule has 1 aromatic carbocycles. The lowest BCUT2D eigenvalue weighted by Gasteiger charge is -2.06. The average molecular weight is 308 g/mol.